The second kappa shape index (κ2) is 7.20. The zero-order valence-corrected chi connectivity index (χ0v) is 13.1. The highest BCUT2D eigenvalue weighted by molar-refractivity contribution is 7.92. The van der Waals surface area contributed by atoms with Crippen molar-refractivity contribution in [1.82, 2.24) is 4.31 Å². The van der Waals surface area contributed by atoms with Crippen molar-refractivity contribution in [2.24, 2.45) is 0 Å². The summed E-state index contributed by atoms with van der Waals surface area (Å²) in [6.07, 6.45) is 1.58. The summed E-state index contributed by atoms with van der Waals surface area (Å²) >= 11 is 0. The molecule has 0 bridgehead atoms. The number of nitrogens with zero attached hydrogens (tertiary/aromatic N) is 1. The largest absolute Gasteiger partial charge is 0.236 e. The lowest BCUT2D eigenvalue weighted by atomic mass is 9.99. The van der Waals surface area contributed by atoms with E-state index in [2.05, 4.69) is 13.2 Å². The summed E-state index contributed by atoms with van der Waals surface area (Å²) in [6.45, 7) is 7.33. The van der Waals surface area contributed by atoms with Crippen LogP contribution in [0.1, 0.15) is 17.2 Å². The third-order valence-electron chi connectivity index (χ3n) is 3.37. The van der Waals surface area contributed by atoms with Crippen LogP contribution >= 0.6 is 0 Å². The fraction of sp³-hybridized carbons (Fsp3) is 0.111. The first-order chi connectivity index (χ1) is 10.6. The molecule has 0 aliphatic rings. The zero-order valence-electron chi connectivity index (χ0n) is 12.3. The molecule has 0 saturated carbocycles. The fourth-order valence-electron chi connectivity index (χ4n) is 2.37. The van der Waals surface area contributed by atoms with E-state index in [-0.39, 0.29) is 6.54 Å². The lowest BCUT2D eigenvalue weighted by Gasteiger charge is -2.29. The zero-order chi connectivity index (χ0) is 16.0. The lowest BCUT2D eigenvalue weighted by molar-refractivity contribution is 0.395. The smallest absolute Gasteiger partial charge is 0.207 e. The third kappa shape index (κ3) is 3.53. The van der Waals surface area contributed by atoms with Gasteiger partial charge in [-0.2, -0.15) is 4.31 Å². The number of rotatable bonds is 7. The molecule has 0 atom stereocenters. The Morgan fingerprint density at radius 1 is 0.909 bits per heavy atom. The summed E-state index contributed by atoms with van der Waals surface area (Å²) in [5, 5.41) is 0.982. The number of sulfonamides is 1. The summed E-state index contributed by atoms with van der Waals surface area (Å²) in [4.78, 5) is 0. The second-order valence-electron chi connectivity index (χ2n) is 4.79. The monoisotopic (exact) mass is 313 g/mol. The summed E-state index contributed by atoms with van der Waals surface area (Å²) in [6, 6.07) is 18.7. The first-order valence-electron chi connectivity index (χ1n) is 6.95. The molecule has 114 valence electrons. The molecule has 0 saturated heterocycles. The van der Waals surface area contributed by atoms with E-state index in [1.165, 1.54) is 4.31 Å². The summed E-state index contributed by atoms with van der Waals surface area (Å²) in [5.74, 6) is 0. The second-order valence-corrected chi connectivity index (χ2v) is 6.63. The quantitative estimate of drug-likeness (QED) is 0.730. The number of hydrogen-bond donors (Lipinski definition) is 0. The molecule has 0 heterocycles. The first-order valence-corrected chi connectivity index (χ1v) is 8.45. The standard InChI is InChI=1S/C18H19NO2S/c1-3-15-19(22(20,21)4-2)18(16-11-7-5-8-12-16)17-13-9-6-10-14-17/h3-14,18H,1-2,15H2. The molecule has 0 radical (unpaired) electrons. The van der Waals surface area contributed by atoms with Crippen molar-refractivity contribution in [3.8, 4) is 0 Å². The molecule has 2 aromatic rings. The van der Waals surface area contributed by atoms with Crippen molar-refractivity contribution >= 4 is 10.0 Å². The van der Waals surface area contributed by atoms with Gasteiger partial charge in [0.25, 0.3) is 0 Å². The highest BCUT2D eigenvalue weighted by atomic mass is 32.2. The minimum absolute atomic E-state index is 0.211. The molecular formula is C18H19NO2S. The van der Waals surface area contributed by atoms with Gasteiger partial charge in [0.2, 0.25) is 10.0 Å². The minimum Gasteiger partial charge on any atom is -0.207 e. The van der Waals surface area contributed by atoms with E-state index in [1.807, 2.05) is 60.7 Å². The SMILES string of the molecule is C=CCN(C(c1ccccc1)c1ccccc1)S(=O)(=O)C=C. The van der Waals surface area contributed by atoms with Gasteiger partial charge in [-0.05, 0) is 11.1 Å². The highest BCUT2D eigenvalue weighted by Crippen LogP contribution is 2.31. The van der Waals surface area contributed by atoms with E-state index in [1.54, 1.807) is 6.08 Å². The molecule has 0 aliphatic carbocycles. The Morgan fingerprint density at radius 2 is 1.36 bits per heavy atom. The van der Waals surface area contributed by atoms with E-state index in [0.717, 1.165) is 16.5 Å². The van der Waals surface area contributed by atoms with E-state index in [9.17, 15) is 8.42 Å². The number of hydrogen-bond acceptors (Lipinski definition) is 2. The average Bonchev–Trinajstić information content (AvgIpc) is 2.56. The van der Waals surface area contributed by atoms with Crippen LogP contribution in [-0.2, 0) is 10.0 Å². The fourth-order valence-corrected chi connectivity index (χ4v) is 3.42. The molecule has 0 fully saturated rings. The van der Waals surface area contributed by atoms with Crippen LogP contribution in [0.4, 0.5) is 0 Å². The van der Waals surface area contributed by atoms with Crippen molar-refractivity contribution in [1.29, 1.82) is 0 Å². The minimum atomic E-state index is -3.59. The molecule has 0 amide bonds. The van der Waals surface area contributed by atoms with Gasteiger partial charge in [0.15, 0.2) is 0 Å². The van der Waals surface area contributed by atoms with E-state index in [4.69, 9.17) is 0 Å². The molecule has 4 heteroatoms. The van der Waals surface area contributed by atoms with Gasteiger partial charge >= 0.3 is 0 Å². The molecular weight excluding hydrogens is 294 g/mol. The van der Waals surface area contributed by atoms with Gasteiger partial charge in [-0.3, -0.25) is 0 Å². The van der Waals surface area contributed by atoms with Crippen molar-refractivity contribution in [2.75, 3.05) is 6.54 Å². The highest BCUT2D eigenvalue weighted by Gasteiger charge is 2.29. The van der Waals surface area contributed by atoms with Crippen LogP contribution in [0.25, 0.3) is 0 Å². The molecule has 2 aromatic carbocycles. The summed E-state index contributed by atoms with van der Waals surface area (Å²) in [7, 11) is -3.59. The Bertz CT molecular complexity index is 685. The predicted octanol–water partition coefficient (Wildman–Crippen LogP) is 3.74. The maximum Gasteiger partial charge on any atom is 0.236 e. The molecule has 2 rings (SSSR count). The van der Waals surface area contributed by atoms with Crippen LogP contribution in [0.3, 0.4) is 0 Å². The first kappa shape index (κ1) is 16.2. The normalized spacial score (nSPS) is 11.5. The van der Waals surface area contributed by atoms with E-state index in [0.29, 0.717) is 0 Å². The Morgan fingerprint density at radius 3 is 1.73 bits per heavy atom. The van der Waals surface area contributed by atoms with Crippen LogP contribution in [-0.4, -0.2) is 19.3 Å². The van der Waals surface area contributed by atoms with Crippen molar-refractivity contribution in [3.05, 3.63) is 96.4 Å². The topological polar surface area (TPSA) is 37.4 Å². The maximum absolute atomic E-state index is 12.4. The Kier molecular flexibility index (Phi) is 5.31. The molecule has 0 N–H and O–H groups in total. The van der Waals surface area contributed by atoms with Crippen LogP contribution in [0.2, 0.25) is 0 Å². The van der Waals surface area contributed by atoms with Gasteiger partial charge in [-0.15, -0.1) is 6.58 Å². The maximum atomic E-state index is 12.4. The Balaban J connectivity index is 2.61. The number of benzene rings is 2. The van der Waals surface area contributed by atoms with Crippen LogP contribution in [0.15, 0.2) is 85.3 Å². The lowest BCUT2D eigenvalue weighted by Crippen LogP contribution is -2.34. The molecule has 0 aromatic heterocycles. The van der Waals surface area contributed by atoms with Crippen LogP contribution < -0.4 is 0 Å². The van der Waals surface area contributed by atoms with Gasteiger partial charge in [0.1, 0.15) is 0 Å². The van der Waals surface area contributed by atoms with Crippen LogP contribution in [0, 0.1) is 0 Å². The molecule has 22 heavy (non-hydrogen) atoms. The van der Waals surface area contributed by atoms with Gasteiger partial charge in [-0.1, -0.05) is 73.3 Å². The van der Waals surface area contributed by atoms with Crippen molar-refractivity contribution < 1.29 is 8.42 Å². The van der Waals surface area contributed by atoms with Crippen molar-refractivity contribution in [3.63, 3.8) is 0 Å². The van der Waals surface area contributed by atoms with Gasteiger partial charge < -0.3 is 0 Å². The van der Waals surface area contributed by atoms with Gasteiger partial charge in [0.05, 0.1) is 6.04 Å². The molecule has 0 aliphatic heterocycles. The molecule has 0 unspecified atom stereocenters. The molecule has 0 spiro atoms. The van der Waals surface area contributed by atoms with E-state index >= 15 is 0 Å². The third-order valence-corrected chi connectivity index (χ3v) is 4.80. The Labute approximate surface area is 132 Å². The van der Waals surface area contributed by atoms with Crippen LogP contribution in [0.5, 0.6) is 0 Å². The summed E-state index contributed by atoms with van der Waals surface area (Å²) < 4.78 is 26.3. The summed E-state index contributed by atoms with van der Waals surface area (Å²) in [5.41, 5.74) is 1.81. The Hall–Kier alpha value is -2.17. The van der Waals surface area contributed by atoms with Crippen molar-refractivity contribution in [2.45, 2.75) is 6.04 Å². The van der Waals surface area contributed by atoms with Gasteiger partial charge in [-0.25, -0.2) is 8.42 Å². The van der Waals surface area contributed by atoms with E-state index < -0.39 is 16.1 Å². The molecule has 3 nitrogen and oxygen atoms in total. The average molecular weight is 313 g/mol. The predicted molar refractivity (Wildman–Crippen MR) is 90.7 cm³/mol. The van der Waals surface area contributed by atoms with Gasteiger partial charge in [0, 0.05) is 12.0 Å².